The number of allylic oxidation sites excluding steroid dienone is 2. The lowest BCUT2D eigenvalue weighted by Gasteiger charge is -2.24. The van der Waals surface area contributed by atoms with Crippen LogP contribution in [0.3, 0.4) is 0 Å². The molecule has 0 unspecified atom stereocenters. The lowest BCUT2D eigenvalue weighted by Crippen LogP contribution is -2.18. The molecule has 0 aromatic heterocycles. The summed E-state index contributed by atoms with van der Waals surface area (Å²) in [7, 11) is 0. The van der Waals surface area contributed by atoms with Crippen molar-refractivity contribution >= 4 is 17.8 Å². The first kappa shape index (κ1) is 18.6. The molecule has 2 aromatic rings. The summed E-state index contributed by atoms with van der Waals surface area (Å²) in [4.78, 5) is 11.9. The van der Waals surface area contributed by atoms with Crippen LogP contribution >= 0.6 is 0 Å². The number of hydrogen-bond acceptors (Lipinski definition) is 4. The van der Waals surface area contributed by atoms with Crippen LogP contribution in [0.4, 0.5) is 0 Å². The molecular formula is C23H24N2O2. The lowest BCUT2D eigenvalue weighted by atomic mass is 10.0. The molecule has 0 N–H and O–H groups in total. The number of carbonyl (C=O) groups excluding carboxylic acids is 1. The Bertz CT molecular complexity index is 854. The van der Waals surface area contributed by atoms with Crippen molar-refractivity contribution in [2.75, 3.05) is 6.61 Å². The van der Waals surface area contributed by atoms with E-state index in [1.165, 1.54) is 11.6 Å². The monoisotopic (exact) mass is 360 g/mol. The van der Waals surface area contributed by atoms with Gasteiger partial charge in [0.1, 0.15) is 0 Å². The Hall–Kier alpha value is -3.14. The van der Waals surface area contributed by atoms with Gasteiger partial charge in [0.2, 0.25) is 0 Å². The van der Waals surface area contributed by atoms with E-state index < -0.39 is 0 Å². The molecule has 0 saturated carbocycles. The number of hydrazone groups is 1. The molecule has 0 spiro atoms. The van der Waals surface area contributed by atoms with Crippen molar-refractivity contribution in [2.24, 2.45) is 5.10 Å². The third-order valence-electron chi connectivity index (χ3n) is 4.36. The predicted octanol–water partition coefficient (Wildman–Crippen LogP) is 4.97. The molecule has 2 aromatic carbocycles. The summed E-state index contributed by atoms with van der Waals surface area (Å²) in [5.41, 5.74) is 4.05. The van der Waals surface area contributed by atoms with Crippen LogP contribution < -0.4 is 0 Å². The average Bonchev–Trinajstić information content (AvgIpc) is 3.12. The maximum Gasteiger partial charge on any atom is 0.332 e. The highest BCUT2D eigenvalue weighted by Gasteiger charge is 2.28. The molecule has 138 valence electrons. The van der Waals surface area contributed by atoms with E-state index in [-0.39, 0.29) is 12.0 Å². The maximum absolute atomic E-state index is 11.9. The zero-order valence-electron chi connectivity index (χ0n) is 15.7. The fraction of sp³-hybridized carbons (Fsp3) is 0.217. The predicted molar refractivity (Wildman–Crippen MR) is 109 cm³/mol. The molecular weight excluding hydrogens is 336 g/mol. The van der Waals surface area contributed by atoms with E-state index in [1.54, 1.807) is 6.92 Å². The summed E-state index contributed by atoms with van der Waals surface area (Å²) >= 11 is 0. The zero-order chi connectivity index (χ0) is 19.1. The van der Waals surface area contributed by atoms with Crippen molar-refractivity contribution in [1.82, 2.24) is 5.01 Å². The van der Waals surface area contributed by atoms with Gasteiger partial charge in [-0.15, -0.1) is 0 Å². The van der Waals surface area contributed by atoms with Crippen molar-refractivity contribution in [2.45, 2.75) is 26.3 Å². The van der Waals surface area contributed by atoms with Crippen LogP contribution in [0.2, 0.25) is 0 Å². The minimum absolute atomic E-state index is 0.0623. The highest BCUT2D eigenvalue weighted by molar-refractivity contribution is 5.99. The number of esters is 1. The van der Waals surface area contributed by atoms with Gasteiger partial charge in [-0.2, -0.15) is 5.10 Å². The fourth-order valence-corrected chi connectivity index (χ4v) is 3.07. The molecule has 0 aliphatic carbocycles. The van der Waals surface area contributed by atoms with Crippen LogP contribution in [0.15, 0.2) is 83.6 Å². The van der Waals surface area contributed by atoms with Gasteiger partial charge in [-0.3, -0.25) is 5.01 Å². The minimum Gasteiger partial charge on any atom is -0.463 e. The molecule has 0 saturated heterocycles. The molecule has 1 aliphatic rings. The molecule has 4 nitrogen and oxygen atoms in total. The number of hydrogen-bond donors (Lipinski definition) is 0. The summed E-state index contributed by atoms with van der Waals surface area (Å²) in [5.74, 6) is -0.342. The molecule has 27 heavy (non-hydrogen) atoms. The summed E-state index contributed by atoms with van der Waals surface area (Å²) in [6.45, 7) is 4.05. The normalized spacial score (nSPS) is 17.3. The van der Waals surface area contributed by atoms with Gasteiger partial charge >= 0.3 is 5.97 Å². The van der Waals surface area contributed by atoms with Gasteiger partial charge in [0.15, 0.2) is 0 Å². The molecule has 0 radical (unpaired) electrons. The summed E-state index contributed by atoms with van der Waals surface area (Å²) in [5, 5.41) is 6.67. The molecule has 4 heteroatoms. The van der Waals surface area contributed by atoms with Gasteiger partial charge in [-0.05, 0) is 31.1 Å². The van der Waals surface area contributed by atoms with E-state index in [4.69, 9.17) is 9.84 Å². The Balaban J connectivity index is 1.86. The molecule has 0 amide bonds. The first-order valence-corrected chi connectivity index (χ1v) is 9.17. The van der Waals surface area contributed by atoms with Crippen LogP contribution in [-0.2, 0) is 9.53 Å². The minimum atomic E-state index is -0.342. The Morgan fingerprint density at radius 1 is 1.11 bits per heavy atom. The third kappa shape index (κ3) is 4.94. The largest absolute Gasteiger partial charge is 0.463 e. The molecule has 1 heterocycles. The maximum atomic E-state index is 11.9. The number of nitrogens with zero attached hydrogens (tertiary/aromatic N) is 2. The number of rotatable bonds is 6. The van der Waals surface area contributed by atoms with Gasteiger partial charge in [-0.25, -0.2) is 4.79 Å². The second kappa shape index (κ2) is 8.99. The van der Waals surface area contributed by atoms with Crippen molar-refractivity contribution < 1.29 is 9.53 Å². The zero-order valence-corrected chi connectivity index (χ0v) is 15.7. The number of carbonyl (C=O) groups is 1. The van der Waals surface area contributed by atoms with Crippen LogP contribution in [0, 0.1) is 0 Å². The van der Waals surface area contributed by atoms with E-state index in [2.05, 4.69) is 30.3 Å². The van der Waals surface area contributed by atoms with E-state index in [9.17, 15) is 4.79 Å². The summed E-state index contributed by atoms with van der Waals surface area (Å²) < 4.78 is 5.04. The van der Waals surface area contributed by atoms with Gasteiger partial charge in [0, 0.05) is 18.2 Å². The molecule has 1 aliphatic heterocycles. The lowest BCUT2D eigenvalue weighted by molar-refractivity contribution is -0.137. The van der Waals surface area contributed by atoms with Gasteiger partial charge in [0.05, 0.1) is 18.4 Å². The summed E-state index contributed by atoms with van der Waals surface area (Å²) in [6.07, 6.45) is 6.39. The van der Waals surface area contributed by atoms with Gasteiger partial charge < -0.3 is 4.74 Å². The Morgan fingerprint density at radius 2 is 1.78 bits per heavy atom. The SMILES string of the molecule is CCOC(=O)/C=C(\C)N1N=C(/C=C/c2ccccc2)C[C@@H]1c1ccccc1. The van der Waals surface area contributed by atoms with Crippen molar-refractivity contribution in [1.29, 1.82) is 0 Å². The van der Waals surface area contributed by atoms with Crippen LogP contribution in [-0.4, -0.2) is 23.3 Å². The van der Waals surface area contributed by atoms with Crippen molar-refractivity contribution in [3.05, 3.63) is 89.6 Å². The molecule has 3 rings (SSSR count). The van der Waals surface area contributed by atoms with E-state index in [1.807, 2.05) is 54.4 Å². The van der Waals surface area contributed by atoms with Crippen molar-refractivity contribution in [3.8, 4) is 0 Å². The first-order valence-electron chi connectivity index (χ1n) is 9.17. The quantitative estimate of drug-likeness (QED) is 0.539. The van der Waals surface area contributed by atoms with E-state index in [0.717, 1.165) is 23.4 Å². The van der Waals surface area contributed by atoms with Gasteiger partial charge in [0.25, 0.3) is 0 Å². The fourth-order valence-electron chi connectivity index (χ4n) is 3.07. The topological polar surface area (TPSA) is 41.9 Å². The highest BCUT2D eigenvalue weighted by Crippen LogP contribution is 2.34. The Kier molecular flexibility index (Phi) is 6.21. The third-order valence-corrected chi connectivity index (χ3v) is 4.36. The number of ether oxygens (including phenoxy) is 1. The molecule has 0 bridgehead atoms. The average molecular weight is 360 g/mol. The molecule has 1 atom stereocenters. The first-order chi connectivity index (χ1) is 13.2. The number of benzene rings is 2. The van der Waals surface area contributed by atoms with E-state index >= 15 is 0 Å². The summed E-state index contributed by atoms with van der Waals surface area (Å²) in [6, 6.07) is 20.4. The second-order valence-corrected chi connectivity index (χ2v) is 6.35. The highest BCUT2D eigenvalue weighted by atomic mass is 16.5. The van der Waals surface area contributed by atoms with Crippen LogP contribution in [0.25, 0.3) is 6.08 Å². The molecule has 0 fully saturated rings. The van der Waals surface area contributed by atoms with Crippen LogP contribution in [0.5, 0.6) is 0 Å². The smallest absolute Gasteiger partial charge is 0.332 e. The Morgan fingerprint density at radius 3 is 2.44 bits per heavy atom. The Labute approximate surface area is 160 Å². The second-order valence-electron chi connectivity index (χ2n) is 6.35. The van der Waals surface area contributed by atoms with Crippen molar-refractivity contribution in [3.63, 3.8) is 0 Å². The standard InChI is InChI=1S/C23H24N2O2/c1-3-27-23(26)16-18(2)25-22(20-12-8-5-9-13-20)17-21(24-25)15-14-19-10-6-4-7-11-19/h4-16,22H,3,17H2,1-2H3/b15-14+,18-16+/t22-/m1/s1. The van der Waals surface area contributed by atoms with Gasteiger partial charge in [-0.1, -0.05) is 66.7 Å². The van der Waals surface area contributed by atoms with E-state index in [0.29, 0.717) is 6.61 Å². The van der Waals surface area contributed by atoms with Crippen LogP contribution in [0.1, 0.15) is 37.4 Å².